The van der Waals surface area contributed by atoms with E-state index in [9.17, 15) is 4.79 Å². The van der Waals surface area contributed by atoms with Gasteiger partial charge in [0.1, 0.15) is 5.75 Å². The number of rotatable bonds is 5. The van der Waals surface area contributed by atoms with Gasteiger partial charge in [-0.15, -0.1) is 0 Å². The molecule has 0 unspecified atom stereocenters. The molecule has 2 N–H and O–H groups in total. The molecule has 0 bridgehead atoms. The van der Waals surface area contributed by atoms with Crippen molar-refractivity contribution in [2.24, 2.45) is 0 Å². The minimum Gasteiger partial charge on any atom is -0.410 e. The fourth-order valence-electron chi connectivity index (χ4n) is 1.54. The van der Waals surface area contributed by atoms with Gasteiger partial charge in [-0.25, -0.2) is 4.79 Å². The van der Waals surface area contributed by atoms with Crippen molar-refractivity contribution in [3.05, 3.63) is 24.3 Å². The molecule has 1 aromatic rings. The van der Waals surface area contributed by atoms with E-state index in [1.54, 1.807) is 29.2 Å². The Labute approximate surface area is 102 Å². The normalized spacial score (nSPS) is 10.0. The van der Waals surface area contributed by atoms with Crippen LogP contribution in [0.15, 0.2) is 24.3 Å². The number of hydrogen-bond donors (Lipinski definition) is 1. The third kappa shape index (κ3) is 4.34. The number of anilines is 1. The standard InChI is InChI=1S/C13H20N2O2/c1-3-9-15(10-4-2)13(16)17-12-7-5-11(14)6-8-12/h5-8H,3-4,9-10,14H2,1-2H3. The van der Waals surface area contributed by atoms with Crippen molar-refractivity contribution in [2.45, 2.75) is 26.7 Å². The number of carbonyl (C=O) groups excluding carboxylic acids is 1. The van der Waals surface area contributed by atoms with Crippen LogP contribution in [0.25, 0.3) is 0 Å². The summed E-state index contributed by atoms with van der Waals surface area (Å²) in [7, 11) is 0. The minimum atomic E-state index is -0.293. The summed E-state index contributed by atoms with van der Waals surface area (Å²) in [5, 5.41) is 0. The van der Waals surface area contributed by atoms with Gasteiger partial charge in [0, 0.05) is 18.8 Å². The van der Waals surface area contributed by atoms with E-state index in [0.29, 0.717) is 11.4 Å². The summed E-state index contributed by atoms with van der Waals surface area (Å²) >= 11 is 0. The second kappa shape index (κ2) is 6.78. The fourth-order valence-corrected chi connectivity index (χ4v) is 1.54. The number of hydrogen-bond acceptors (Lipinski definition) is 3. The van der Waals surface area contributed by atoms with Crippen LogP contribution in [0.1, 0.15) is 26.7 Å². The Morgan fingerprint density at radius 2 is 1.71 bits per heavy atom. The molecular weight excluding hydrogens is 216 g/mol. The summed E-state index contributed by atoms with van der Waals surface area (Å²) in [5.41, 5.74) is 6.22. The number of nitrogens with zero attached hydrogens (tertiary/aromatic N) is 1. The molecule has 1 rings (SSSR count). The van der Waals surface area contributed by atoms with E-state index >= 15 is 0 Å². The van der Waals surface area contributed by atoms with Gasteiger partial charge in [0.05, 0.1) is 0 Å². The van der Waals surface area contributed by atoms with Crippen molar-refractivity contribution in [2.75, 3.05) is 18.8 Å². The van der Waals surface area contributed by atoms with E-state index in [1.807, 2.05) is 13.8 Å². The van der Waals surface area contributed by atoms with Crippen LogP contribution in [0.5, 0.6) is 5.75 Å². The first kappa shape index (κ1) is 13.4. The molecule has 1 amide bonds. The van der Waals surface area contributed by atoms with E-state index in [1.165, 1.54) is 0 Å². The number of carbonyl (C=O) groups is 1. The zero-order valence-corrected chi connectivity index (χ0v) is 10.5. The molecule has 4 nitrogen and oxygen atoms in total. The first-order chi connectivity index (χ1) is 8.17. The van der Waals surface area contributed by atoms with Gasteiger partial charge in [-0.2, -0.15) is 0 Å². The topological polar surface area (TPSA) is 55.6 Å². The molecule has 0 spiro atoms. The van der Waals surface area contributed by atoms with Crippen molar-refractivity contribution >= 4 is 11.8 Å². The van der Waals surface area contributed by atoms with Crippen molar-refractivity contribution < 1.29 is 9.53 Å². The second-order valence-electron chi connectivity index (χ2n) is 3.92. The third-order valence-electron chi connectivity index (χ3n) is 2.33. The molecule has 4 heteroatoms. The maximum atomic E-state index is 11.8. The van der Waals surface area contributed by atoms with E-state index < -0.39 is 0 Å². The Kier molecular flexibility index (Phi) is 5.33. The highest BCUT2D eigenvalue weighted by Crippen LogP contribution is 2.14. The molecule has 0 saturated heterocycles. The molecule has 0 aromatic heterocycles. The highest BCUT2D eigenvalue weighted by Gasteiger charge is 2.13. The number of benzene rings is 1. The van der Waals surface area contributed by atoms with Gasteiger partial charge in [-0.1, -0.05) is 13.8 Å². The van der Waals surface area contributed by atoms with E-state index in [0.717, 1.165) is 25.9 Å². The smallest absolute Gasteiger partial charge is 0.410 e. The SMILES string of the molecule is CCCN(CCC)C(=O)Oc1ccc(N)cc1. The predicted octanol–water partition coefficient (Wildman–Crippen LogP) is 2.89. The summed E-state index contributed by atoms with van der Waals surface area (Å²) in [4.78, 5) is 13.6. The van der Waals surface area contributed by atoms with Crippen LogP contribution in [0, 0.1) is 0 Å². The van der Waals surface area contributed by atoms with Gasteiger partial charge in [0.2, 0.25) is 0 Å². The van der Waals surface area contributed by atoms with Crippen LogP contribution in [0.2, 0.25) is 0 Å². The Balaban J connectivity index is 2.59. The molecular formula is C13H20N2O2. The summed E-state index contributed by atoms with van der Waals surface area (Å²) in [5.74, 6) is 0.529. The Morgan fingerprint density at radius 1 is 1.18 bits per heavy atom. The van der Waals surface area contributed by atoms with Crippen LogP contribution in [-0.4, -0.2) is 24.1 Å². The van der Waals surface area contributed by atoms with Gasteiger partial charge in [0.25, 0.3) is 0 Å². The maximum Gasteiger partial charge on any atom is 0.415 e. The zero-order chi connectivity index (χ0) is 12.7. The highest BCUT2D eigenvalue weighted by molar-refractivity contribution is 5.70. The molecule has 0 radical (unpaired) electrons. The second-order valence-corrected chi connectivity index (χ2v) is 3.92. The Hall–Kier alpha value is -1.71. The molecule has 0 aliphatic rings. The van der Waals surface area contributed by atoms with Crippen molar-refractivity contribution in [1.29, 1.82) is 0 Å². The molecule has 0 saturated carbocycles. The summed E-state index contributed by atoms with van der Waals surface area (Å²) in [6.07, 6.45) is 1.56. The summed E-state index contributed by atoms with van der Waals surface area (Å²) in [6.45, 7) is 5.53. The predicted molar refractivity (Wildman–Crippen MR) is 69.0 cm³/mol. The number of ether oxygens (including phenoxy) is 1. The minimum absolute atomic E-state index is 0.293. The van der Waals surface area contributed by atoms with E-state index in [-0.39, 0.29) is 6.09 Å². The highest BCUT2D eigenvalue weighted by atomic mass is 16.6. The van der Waals surface area contributed by atoms with Crippen LogP contribution >= 0.6 is 0 Å². The molecule has 94 valence electrons. The summed E-state index contributed by atoms with van der Waals surface area (Å²) in [6, 6.07) is 6.83. The van der Waals surface area contributed by atoms with Crippen LogP contribution in [-0.2, 0) is 0 Å². The Bertz CT molecular complexity index is 343. The first-order valence-corrected chi connectivity index (χ1v) is 5.99. The zero-order valence-electron chi connectivity index (χ0n) is 10.5. The van der Waals surface area contributed by atoms with Crippen molar-refractivity contribution in [1.82, 2.24) is 4.90 Å². The van der Waals surface area contributed by atoms with Crippen LogP contribution < -0.4 is 10.5 Å². The third-order valence-corrected chi connectivity index (χ3v) is 2.33. The lowest BCUT2D eigenvalue weighted by atomic mass is 10.3. The number of amides is 1. The molecule has 0 aliphatic heterocycles. The molecule has 0 heterocycles. The first-order valence-electron chi connectivity index (χ1n) is 5.99. The van der Waals surface area contributed by atoms with Crippen molar-refractivity contribution in [3.63, 3.8) is 0 Å². The van der Waals surface area contributed by atoms with Gasteiger partial charge >= 0.3 is 6.09 Å². The average Bonchev–Trinajstić information content (AvgIpc) is 2.32. The van der Waals surface area contributed by atoms with Gasteiger partial charge in [0.15, 0.2) is 0 Å². The van der Waals surface area contributed by atoms with Gasteiger partial charge in [-0.05, 0) is 37.1 Å². The van der Waals surface area contributed by atoms with E-state index in [4.69, 9.17) is 10.5 Å². The average molecular weight is 236 g/mol. The lowest BCUT2D eigenvalue weighted by molar-refractivity contribution is 0.152. The maximum absolute atomic E-state index is 11.8. The van der Waals surface area contributed by atoms with Gasteiger partial charge < -0.3 is 15.4 Å². The van der Waals surface area contributed by atoms with Crippen LogP contribution in [0.3, 0.4) is 0 Å². The molecule has 1 aromatic carbocycles. The lowest BCUT2D eigenvalue weighted by Crippen LogP contribution is -2.34. The number of nitrogen functional groups attached to an aromatic ring is 1. The molecule has 17 heavy (non-hydrogen) atoms. The Morgan fingerprint density at radius 3 is 2.18 bits per heavy atom. The van der Waals surface area contributed by atoms with Crippen molar-refractivity contribution in [3.8, 4) is 5.75 Å². The molecule has 0 fully saturated rings. The fraction of sp³-hybridized carbons (Fsp3) is 0.462. The molecule has 0 aliphatic carbocycles. The largest absolute Gasteiger partial charge is 0.415 e. The lowest BCUT2D eigenvalue weighted by Gasteiger charge is -2.20. The van der Waals surface area contributed by atoms with Gasteiger partial charge in [-0.3, -0.25) is 0 Å². The van der Waals surface area contributed by atoms with E-state index in [2.05, 4.69) is 0 Å². The number of nitrogens with two attached hydrogens (primary N) is 1. The molecule has 0 atom stereocenters. The quantitative estimate of drug-likeness (QED) is 0.800. The van der Waals surface area contributed by atoms with Crippen LogP contribution in [0.4, 0.5) is 10.5 Å². The summed E-state index contributed by atoms with van der Waals surface area (Å²) < 4.78 is 5.27. The monoisotopic (exact) mass is 236 g/mol.